The Bertz CT molecular complexity index is 271. The molecule has 0 fully saturated rings. The Morgan fingerprint density at radius 2 is 2.69 bits per heavy atom. The van der Waals surface area contributed by atoms with Crippen molar-refractivity contribution in [3.63, 3.8) is 0 Å². The van der Waals surface area contributed by atoms with Crippen LogP contribution in [-0.4, -0.2) is 27.9 Å². The minimum absolute atomic E-state index is 0.138. The minimum atomic E-state index is -1.29. The highest BCUT2D eigenvalue weighted by molar-refractivity contribution is 7.03. The summed E-state index contributed by atoms with van der Waals surface area (Å²) in [6.45, 7) is -0.985. The highest BCUT2D eigenvalue weighted by atomic mass is 35.5. The molecule has 0 saturated heterocycles. The van der Waals surface area contributed by atoms with Crippen LogP contribution < -0.4 is 10.1 Å². The monoisotopic (exact) mass is 225 g/mol. The van der Waals surface area contributed by atoms with Gasteiger partial charge in [-0.2, -0.15) is 0 Å². The molecule has 0 aliphatic heterocycles. The average Bonchev–Trinajstić information content (AvgIpc) is 2.57. The topological polar surface area (TPSA) is 64.1 Å². The van der Waals surface area contributed by atoms with Crippen molar-refractivity contribution in [2.45, 2.75) is 5.56 Å². The van der Waals surface area contributed by atoms with E-state index in [0.29, 0.717) is 0 Å². The molecule has 0 bridgehead atoms. The molecular formula is C5H5ClFN3O2S. The van der Waals surface area contributed by atoms with Gasteiger partial charge in [0.15, 0.2) is 6.80 Å². The number of halogens is 2. The fourth-order valence-electron chi connectivity index (χ4n) is 0.513. The third-order valence-corrected chi connectivity index (χ3v) is 1.78. The van der Waals surface area contributed by atoms with Crippen molar-refractivity contribution in [1.82, 2.24) is 14.9 Å². The summed E-state index contributed by atoms with van der Waals surface area (Å²) >= 11 is 6.49. The molecule has 1 atom stereocenters. The highest BCUT2D eigenvalue weighted by Gasteiger charge is 2.17. The van der Waals surface area contributed by atoms with Gasteiger partial charge in [0.1, 0.15) is 0 Å². The first-order valence-electron chi connectivity index (χ1n) is 3.15. The van der Waals surface area contributed by atoms with E-state index < -0.39 is 18.3 Å². The molecule has 1 aromatic heterocycles. The van der Waals surface area contributed by atoms with Gasteiger partial charge in [-0.05, 0) is 11.5 Å². The van der Waals surface area contributed by atoms with Gasteiger partial charge in [0.25, 0.3) is 11.5 Å². The number of amides is 1. The van der Waals surface area contributed by atoms with Crippen molar-refractivity contribution in [3.05, 3.63) is 5.38 Å². The van der Waals surface area contributed by atoms with Gasteiger partial charge in [0, 0.05) is 0 Å². The van der Waals surface area contributed by atoms with E-state index in [4.69, 9.17) is 16.3 Å². The van der Waals surface area contributed by atoms with Crippen LogP contribution in [0.15, 0.2) is 5.38 Å². The quantitative estimate of drug-likeness (QED) is 0.600. The molecule has 1 unspecified atom stereocenters. The summed E-state index contributed by atoms with van der Waals surface area (Å²) in [5, 5.41) is 6.81. The Hall–Kier alpha value is -0.950. The van der Waals surface area contributed by atoms with E-state index in [9.17, 15) is 9.18 Å². The lowest BCUT2D eigenvalue weighted by molar-refractivity contribution is -0.125. The van der Waals surface area contributed by atoms with Crippen LogP contribution in [0.25, 0.3) is 0 Å². The Morgan fingerprint density at radius 1 is 1.92 bits per heavy atom. The zero-order valence-corrected chi connectivity index (χ0v) is 7.81. The molecule has 1 heterocycles. The first-order chi connectivity index (χ1) is 6.24. The van der Waals surface area contributed by atoms with Crippen molar-refractivity contribution in [2.75, 3.05) is 6.80 Å². The van der Waals surface area contributed by atoms with E-state index in [2.05, 4.69) is 9.59 Å². The number of nitrogens with one attached hydrogen (secondary N) is 1. The summed E-state index contributed by atoms with van der Waals surface area (Å²) in [6.07, 6.45) is 0. The first-order valence-corrected chi connectivity index (χ1v) is 4.43. The zero-order valence-electron chi connectivity index (χ0n) is 6.24. The Balaban J connectivity index is 2.41. The van der Waals surface area contributed by atoms with Crippen LogP contribution in [0, 0.1) is 0 Å². The van der Waals surface area contributed by atoms with Crippen molar-refractivity contribution in [3.8, 4) is 5.88 Å². The largest absolute Gasteiger partial charge is 0.446 e. The number of nitrogens with zero attached hydrogens (tertiary/aromatic N) is 2. The van der Waals surface area contributed by atoms with Crippen molar-refractivity contribution in [1.29, 1.82) is 0 Å². The molecule has 1 N–H and O–H groups in total. The van der Waals surface area contributed by atoms with E-state index in [0.717, 1.165) is 11.5 Å². The van der Waals surface area contributed by atoms with E-state index in [1.807, 2.05) is 5.32 Å². The fourth-order valence-corrected chi connectivity index (χ4v) is 1.05. The van der Waals surface area contributed by atoms with Crippen molar-refractivity contribution >= 4 is 29.0 Å². The van der Waals surface area contributed by atoms with Crippen LogP contribution in [0.3, 0.4) is 0 Å². The van der Waals surface area contributed by atoms with Gasteiger partial charge in [0.05, 0.1) is 5.38 Å². The first kappa shape index (κ1) is 10.1. The molecular weight excluding hydrogens is 221 g/mol. The summed E-state index contributed by atoms with van der Waals surface area (Å²) in [5.41, 5.74) is -1.29. The number of hydrogen-bond donors (Lipinski definition) is 1. The number of ether oxygens (including phenoxy) is 1. The van der Waals surface area contributed by atoms with Gasteiger partial charge in [-0.3, -0.25) is 4.79 Å². The lowest BCUT2D eigenvalue weighted by Crippen LogP contribution is -2.34. The molecule has 13 heavy (non-hydrogen) atoms. The van der Waals surface area contributed by atoms with Crippen molar-refractivity contribution < 1.29 is 13.9 Å². The van der Waals surface area contributed by atoms with Gasteiger partial charge in [-0.15, -0.1) is 0 Å². The van der Waals surface area contributed by atoms with Gasteiger partial charge < -0.3 is 10.1 Å². The molecule has 0 aromatic carbocycles. The van der Waals surface area contributed by atoms with Crippen LogP contribution in [0.5, 0.6) is 5.88 Å². The summed E-state index contributed by atoms with van der Waals surface area (Å²) in [4.78, 5) is 10.8. The number of alkyl halides is 2. The number of carbonyl (C=O) groups excluding carboxylic acids is 1. The summed E-state index contributed by atoms with van der Waals surface area (Å²) < 4.78 is 19.9. The summed E-state index contributed by atoms with van der Waals surface area (Å²) in [6, 6.07) is 0. The van der Waals surface area contributed by atoms with E-state index >= 15 is 0 Å². The average molecular weight is 226 g/mol. The maximum Gasteiger partial charge on any atom is 0.279 e. The number of carbonyl (C=O) groups is 1. The molecule has 0 saturated carbocycles. The van der Waals surface area contributed by atoms with E-state index in [1.54, 1.807) is 0 Å². The normalized spacial score (nSPS) is 12.2. The molecule has 0 radical (unpaired) electrons. The summed E-state index contributed by atoms with van der Waals surface area (Å²) in [5.74, 6) is -0.615. The molecule has 0 spiro atoms. The number of rotatable bonds is 4. The van der Waals surface area contributed by atoms with Gasteiger partial charge in [-0.1, -0.05) is 21.2 Å². The summed E-state index contributed by atoms with van der Waals surface area (Å²) in [7, 11) is 0. The maximum absolute atomic E-state index is 11.6. The maximum atomic E-state index is 11.6. The molecule has 1 aromatic rings. The molecule has 0 aliphatic carbocycles. The highest BCUT2D eigenvalue weighted by Crippen LogP contribution is 2.10. The van der Waals surface area contributed by atoms with Crippen LogP contribution in [0.2, 0.25) is 0 Å². The van der Waals surface area contributed by atoms with Gasteiger partial charge >= 0.3 is 0 Å². The Kier molecular flexibility index (Phi) is 3.84. The van der Waals surface area contributed by atoms with E-state index in [1.165, 1.54) is 5.38 Å². The van der Waals surface area contributed by atoms with Crippen molar-refractivity contribution in [2.24, 2.45) is 0 Å². The second-order valence-electron chi connectivity index (χ2n) is 1.85. The second-order valence-corrected chi connectivity index (χ2v) is 2.86. The van der Waals surface area contributed by atoms with Crippen LogP contribution in [0.4, 0.5) is 4.39 Å². The van der Waals surface area contributed by atoms with Crippen LogP contribution >= 0.6 is 23.1 Å². The predicted octanol–water partition coefficient (Wildman–Crippen LogP) is 0.525. The molecule has 1 amide bonds. The van der Waals surface area contributed by atoms with Gasteiger partial charge in [0.2, 0.25) is 5.88 Å². The minimum Gasteiger partial charge on any atom is -0.446 e. The number of hydrogen-bond acceptors (Lipinski definition) is 5. The molecule has 72 valence electrons. The zero-order chi connectivity index (χ0) is 9.68. The SMILES string of the molecule is O=C(NCF)C(Cl)Oc1csnn1. The van der Waals surface area contributed by atoms with Crippen LogP contribution in [-0.2, 0) is 4.79 Å². The van der Waals surface area contributed by atoms with E-state index in [-0.39, 0.29) is 5.88 Å². The second kappa shape index (κ2) is 4.93. The Labute approximate surface area is 82.0 Å². The third kappa shape index (κ3) is 3.11. The molecule has 8 heteroatoms. The lowest BCUT2D eigenvalue weighted by Gasteiger charge is -2.07. The Morgan fingerprint density at radius 3 is 3.23 bits per heavy atom. The molecule has 5 nitrogen and oxygen atoms in total. The van der Waals surface area contributed by atoms with Gasteiger partial charge in [-0.25, -0.2) is 4.39 Å². The third-order valence-electron chi connectivity index (χ3n) is 1.01. The standard InChI is InChI=1S/C5H5ClFN3O2S/c6-4(5(11)8-2-7)12-3-1-13-10-9-3/h1,4H,2H2,(H,8,11). The smallest absolute Gasteiger partial charge is 0.279 e. The fraction of sp³-hybridized carbons (Fsp3) is 0.400. The number of aromatic nitrogens is 2. The molecule has 0 aliphatic rings. The molecule has 1 rings (SSSR count). The predicted molar refractivity (Wildman–Crippen MR) is 44.3 cm³/mol. The van der Waals surface area contributed by atoms with Crippen LogP contribution in [0.1, 0.15) is 0 Å². The lowest BCUT2D eigenvalue weighted by atomic mass is 10.6.